The minimum Gasteiger partial charge on any atom is -0.493 e. The molecule has 1 aromatic rings. The Morgan fingerprint density at radius 1 is 1.38 bits per heavy atom. The van der Waals surface area contributed by atoms with Gasteiger partial charge in [-0.15, -0.1) is 0 Å². The number of aryl methyl sites for hydroxylation is 1. The van der Waals surface area contributed by atoms with Gasteiger partial charge in [0.1, 0.15) is 0 Å². The molecule has 0 aliphatic rings. The van der Waals surface area contributed by atoms with Crippen molar-refractivity contribution in [1.29, 1.82) is 0 Å². The molecule has 3 heteroatoms. The molecule has 0 aliphatic heterocycles. The predicted octanol–water partition coefficient (Wildman–Crippen LogP) is 3.25. The molecule has 0 bridgehead atoms. The summed E-state index contributed by atoms with van der Waals surface area (Å²) in [7, 11) is 1.67. The maximum Gasteiger partial charge on any atom is 0.160 e. The van der Waals surface area contributed by atoms with E-state index < -0.39 is 0 Å². The van der Waals surface area contributed by atoms with Gasteiger partial charge >= 0.3 is 0 Å². The van der Waals surface area contributed by atoms with Crippen LogP contribution in [0.1, 0.15) is 32.9 Å². The summed E-state index contributed by atoms with van der Waals surface area (Å²) in [5.74, 6) is 1.50. The van der Waals surface area contributed by atoms with Gasteiger partial charge in [0.15, 0.2) is 5.75 Å². The summed E-state index contributed by atoms with van der Waals surface area (Å²) < 4.78 is 5.28. The highest BCUT2D eigenvalue weighted by molar-refractivity contribution is 5.56. The molecule has 0 spiro atoms. The number of hydrogen-bond acceptors (Lipinski definition) is 3. The summed E-state index contributed by atoms with van der Waals surface area (Å²) in [6.07, 6.45) is 2.91. The number of methoxy groups -OCH3 is 1. The minimum absolute atomic E-state index is 0.440. The molecule has 1 atom stereocenters. The molecule has 0 aliphatic carbocycles. The Labute approximate surface area is 98.2 Å². The Balaban J connectivity index is 2.74. The second-order valence-corrected chi connectivity index (χ2v) is 4.70. The zero-order chi connectivity index (χ0) is 12.1. The van der Waals surface area contributed by atoms with E-state index in [0.29, 0.717) is 12.0 Å². The second kappa shape index (κ2) is 5.73. The van der Waals surface area contributed by atoms with Gasteiger partial charge in [-0.1, -0.05) is 13.8 Å². The van der Waals surface area contributed by atoms with Crippen LogP contribution in [0.15, 0.2) is 12.3 Å². The smallest absolute Gasteiger partial charge is 0.160 e. The lowest BCUT2D eigenvalue weighted by atomic mass is 10.1. The van der Waals surface area contributed by atoms with E-state index in [2.05, 4.69) is 31.1 Å². The van der Waals surface area contributed by atoms with Crippen LogP contribution in [0, 0.1) is 12.8 Å². The van der Waals surface area contributed by atoms with Crippen molar-refractivity contribution in [2.24, 2.45) is 5.92 Å². The van der Waals surface area contributed by atoms with Crippen molar-refractivity contribution in [3.8, 4) is 5.75 Å². The van der Waals surface area contributed by atoms with Crippen molar-refractivity contribution in [3.63, 3.8) is 0 Å². The number of aromatic nitrogens is 1. The highest BCUT2D eigenvalue weighted by atomic mass is 16.5. The predicted molar refractivity (Wildman–Crippen MR) is 68.1 cm³/mol. The number of anilines is 1. The van der Waals surface area contributed by atoms with Gasteiger partial charge in [0.05, 0.1) is 19.0 Å². The Hall–Kier alpha value is -1.25. The SMILES string of the molecule is COc1cnc(C)cc1NC(C)CC(C)C. The van der Waals surface area contributed by atoms with Gasteiger partial charge < -0.3 is 10.1 Å². The summed E-state index contributed by atoms with van der Waals surface area (Å²) >= 11 is 0. The molecular weight excluding hydrogens is 200 g/mol. The van der Waals surface area contributed by atoms with Crippen molar-refractivity contribution in [2.75, 3.05) is 12.4 Å². The van der Waals surface area contributed by atoms with Crippen LogP contribution in [0.3, 0.4) is 0 Å². The lowest BCUT2D eigenvalue weighted by Crippen LogP contribution is -2.18. The van der Waals surface area contributed by atoms with Crippen molar-refractivity contribution < 1.29 is 4.74 Å². The van der Waals surface area contributed by atoms with E-state index in [1.165, 1.54) is 0 Å². The third-order valence-corrected chi connectivity index (χ3v) is 2.45. The summed E-state index contributed by atoms with van der Waals surface area (Å²) in [4.78, 5) is 4.21. The fraction of sp³-hybridized carbons (Fsp3) is 0.615. The van der Waals surface area contributed by atoms with Crippen LogP contribution in [0.4, 0.5) is 5.69 Å². The van der Waals surface area contributed by atoms with E-state index in [-0.39, 0.29) is 0 Å². The lowest BCUT2D eigenvalue weighted by Gasteiger charge is -2.19. The van der Waals surface area contributed by atoms with Crippen molar-refractivity contribution >= 4 is 5.69 Å². The Morgan fingerprint density at radius 2 is 2.06 bits per heavy atom. The molecule has 1 N–H and O–H groups in total. The third kappa shape index (κ3) is 3.72. The molecule has 1 aromatic heterocycles. The molecule has 0 saturated heterocycles. The van der Waals surface area contributed by atoms with Crippen LogP contribution >= 0.6 is 0 Å². The molecule has 90 valence electrons. The number of pyridine rings is 1. The molecule has 3 nitrogen and oxygen atoms in total. The number of hydrogen-bond donors (Lipinski definition) is 1. The van der Waals surface area contributed by atoms with Crippen LogP contribution in [0.25, 0.3) is 0 Å². The lowest BCUT2D eigenvalue weighted by molar-refractivity contribution is 0.413. The normalized spacial score (nSPS) is 12.6. The van der Waals surface area contributed by atoms with E-state index in [9.17, 15) is 0 Å². The average Bonchev–Trinajstić information content (AvgIpc) is 2.16. The third-order valence-electron chi connectivity index (χ3n) is 2.45. The van der Waals surface area contributed by atoms with E-state index in [1.54, 1.807) is 13.3 Å². The highest BCUT2D eigenvalue weighted by Gasteiger charge is 2.09. The molecule has 0 fully saturated rings. The molecule has 0 aromatic carbocycles. The standard InChI is InChI=1S/C13H22N2O/c1-9(2)6-11(4)15-12-7-10(3)14-8-13(12)16-5/h7-9,11H,6H2,1-5H3,(H,14,15). The molecular formula is C13H22N2O. The van der Waals surface area contributed by atoms with E-state index in [4.69, 9.17) is 4.74 Å². The van der Waals surface area contributed by atoms with Gasteiger partial charge in [0.2, 0.25) is 0 Å². The van der Waals surface area contributed by atoms with Gasteiger partial charge in [0, 0.05) is 11.7 Å². The van der Waals surface area contributed by atoms with Gasteiger partial charge in [0.25, 0.3) is 0 Å². The summed E-state index contributed by atoms with van der Waals surface area (Å²) in [6.45, 7) is 8.63. The number of nitrogens with zero attached hydrogens (tertiary/aromatic N) is 1. The Morgan fingerprint density at radius 3 is 2.62 bits per heavy atom. The van der Waals surface area contributed by atoms with Gasteiger partial charge in [-0.05, 0) is 32.3 Å². The maximum atomic E-state index is 5.28. The van der Waals surface area contributed by atoms with E-state index >= 15 is 0 Å². The van der Waals surface area contributed by atoms with Crippen LogP contribution in [-0.2, 0) is 0 Å². The number of nitrogens with one attached hydrogen (secondary N) is 1. The average molecular weight is 222 g/mol. The molecule has 0 amide bonds. The van der Waals surface area contributed by atoms with Crippen molar-refractivity contribution in [2.45, 2.75) is 40.2 Å². The fourth-order valence-corrected chi connectivity index (χ4v) is 1.85. The quantitative estimate of drug-likeness (QED) is 0.830. The summed E-state index contributed by atoms with van der Waals surface area (Å²) in [5.41, 5.74) is 2.03. The van der Waals surface area contributed by atoms with Crippen LogP contribution in [0.5, 0.6) is 5.75 Å². The molecule has 1 heterocycles. The van der Waals surface area contributed by atoms with Crippen LogP contribution < -0.4 is 10.1 Å². The molecule has 0 radical (unpaired) electrons. The molecule has 1 rings (SSSR count). The number of rotatable bonds is 5. The van der Waals surface area contributed by atoms with Crippen LogP contribution in [0.2, 0.25) is 0 Å². The largest absolute Gasteiger partial charge is 0.493 e. The summed E-state index contributed by atoms with van der Waals surface area (Å²) in [6, 6.07) is 2.46. The first-order valence-electron chi connectivity index (χ1n) is 5.80. The molecule has 0 saturated carbocycles. The topological polar surface area (TPSA) is 34.1 Å². The Kier molecular flexibility index (Phi) is 4.59. The first kappa shape index (κ1) is 12.8. The van der Waals surface area contributed by atoms with Gasteiger partial charge in [-0.2, -0.15) is 0 Å². The minimum atomic E-state index is 0.440. The van der Waals surface area contributed by atoms with Crippen LogP contribution in [-0.4, -0.2) is 18.1 Å². The monoisotopic (exact) mass is 222 g/mol. The van der Waals surface area contributed by atoms with Gasteiger partial charge in [-0.3, -0.25) is 4.98 Å². The highest BCUT2D eigenvalue weighted by Crippen LogP contribution is 2.25. The van der Waals surface area contributed by atoms with Crippen molar-refractivity contribution in [3.05, 3.63) is 18.0 Å². The summed E-state index contributed by atoms with van der Waals surface area (Å²) in [5, 5.41) is 3.47. The first-order valence-corrected chi connectivity index (χ1v) is 5.80. The maximum absolute atomic E-state index is 5.28. The second-order valence-electron chi connectivity index (χ2n) is 4.70. The Bertz CT molecular complexity index is 337. The zero-order valence-electron chi connectivity index (χ0n) is 10.9. The first-order chi connectivity index (χ1) is 7.52. The molecule has 16 heavy (non-hydrogen) atoms. The number of ether oxygens (including phenoxy) is 1. The zero-order valence-corrected chi connectivity index (χ0v) is 10.9. The van der Waals surface area contributed by atoms with E-state index in [0.717, 1.165) is 23.6 Å². The molecule has 1 unspecified atom stereocenters. The van der Waals surface area contributed by atoms with Gasteiger partial charge in [-0.25, -0.2) is 0 Å². The van der Waals surface area contributed by atoms with E-state index in [1.807, 2.05) is 13.0 Å². The fourth-order valence-electron chi connectivity index (χ4n) is 1.85. The van der Waals surface area contributed by atoms with Crippen molar-refractivity contribution in [1.82, 2.24) is 4.98 Å².